The summed E-state index contributed by atoms with van der Waals surface area (Å²) >= 11 is 0. The molecule has 0 unspecified atom stereocenters. The van der Waals surface area contributed by atoms with Crippen LogP contribution in [0, 0.1) is 5.92 Å². The van der Waals surface area contributed by atoms with Gasteiger partial charge in [0.15, 0.2) is 0 Å². The predicted molar refractivity (Wildman–Crippen MR) is 80.2 cm³/mol. The fourth-order valence-corrected chi connectivity index (χ4v) is 3.96. The number of carbonyl (C=O) groups is 2. The van der Waals surface area contributed by atoms with Crippen molar-refractivity contribution in [1.29, 1.82) is 0 Å². The first-order chi connectivity index (χ1) is 10.9. The SMILES string of the molecule is CCOC(=O)C1CCN(S(=O)(=O)c2c[nH]c(C(=O)OC)c2)CC1. The molecule has 1 aliphatic rings. The molecule has 0 amide bonds. The molecular weight excluding hydrogens is 324 g/mol. The Balaban J connectivity index is 2.06. The van der Waals surface area contributed by atoms with Gasteiger partial charge in [0.05, 0.1) is 19.6 Å². The van der Waals surface area contributed by atoms with Crippen molar-refractivity contribution in [3.05, 3.63) is 18.0 Å². The van der Waals surface area contributed by atoms with Gasteiger partial charge in [0.1, 0.15) is 10.6 Å². The van der Waals surface area contributed by atoms with Crippen LogP contribution in [0.15, 0.2) is 17.2 Å². The second-order valence-corrected chi connectivity index (χ2v) is 7.11. The Labute approximate surface area is 134 Å². The van der Waals surface area contributed by atoms with Crippen LogP contribution in [0.25, 0.3) is 0 Å². The molecule has 128 valence electrons. The molecule has 0 aliphatic carbocycles. The maximum absolute atomic E-state index is 12.6. The van der Waals surface area contributed by atoms with Gasteiger partial charge in [0.25, 0.3) is 0 Å². The summed E-state index contributed by atoms with van der Waals surface area (Å²) in [5.74, 6) is -1.18. The van der Waals surface area contributed by atoms with Gasteiger partial charge in [-0.3, -0.25) is 4.79 Å². The molecule has 8 nitrogen and oxygen atoms in total. The number of piperidine rings is 1. The standard InChI is InChI=1S/C14H20N2O6S/c1-3-22-13(17)10-4-6-16(7-5-10)23(19,20)11-8-12(15-9-11)14(18)21-2/h8-10,15H,3-7H2,1-2H3. The van der Waals surface area contributed by atoms with Crippen molar-refractivity contribution in [2.75, 3.05) is 26.8 Å². The van der Waals surface area contributed by atoms with Crippen LogP contribution >= 0.6 is 0 Å². The second kappa shape index (κ2) is 7.14. The van der Waals surface area contributed by atoms with Crippen LogP contribution < -0.4 is 0 Å². The van der Waals surface area contributed by atoms with E-state index in [1.54, 1.807) is 6.92 Å². The topological polar surface area (TPSA) is 106 Å². The van der Waals surface area contributed by atoms with Gasteiger partial charge in [-0.2, -0.15) is 4.31 Å². The van der Waals surface area contributed by atoms with E-state index in [9.17, 15) is 18.0 Å². The molecule has 1 aliphatic heterocycles. The van der Waals surface area contributed by atoms with Crippen LogP contribution in [0.1, 0.15) is 30.3 Å². The number of sulfonamides is 1. The molecule has 2 heterocycles. The Bertz CT molecular complexity index is 673. The molecule has 0 saturated carbocycles. The van der Waals surface area contributed by atoms with Crippen molar-refractivity contribution in [2.45, 2.75) is 24.7 Å². The maximum atomic E-state index is 12.6. The van der Waals surface area contributed by atoms with E-state index in [1.807, 2.05) is 0 Å². The van der Waals surface area contributed by atoms with E-state index in [2.05, 4.69) is 9.72 Å². The third-order valence-electron chi connectivity index (χ3n) is 3.77. The van der Waals surface area contributed by atoms with E-state index in [0.29, 0.717) is 19.4 Å². The van der Waals surface area contributed by atoms with Crippen molar-refractivity contribution in [1.82, 2.24) is 9.29 Å². The molecule has 0 spiro atoms. The summed E-state index contributed by atoms with van der Waals surface area (Å²) in [5.41, 5.74) is 0.0764. The smallest absolute Gasteiger partial charge is 0.354 e. The zero-order valence-electron chi connectivity index (χ0n) is 13.1. The molecule has 9 heteroatoms. The predicted octanol–water partition coefficient (Wildman–Crippen LogP) is 0.765. The molecule has 1 aromatic heterocycles. The highest BCUT2D eigenvalue weighted by Crippen LogP contribution is 2.25. The highest BCUT2D eigenvalue weighted by molar-refractivity contribution is 7.89. The average Bonchev–Trinajstić information content (AvgIpc) is 3.05. The number of nitrogens with one attached hydrogen (secondary N) is 1. The fourth-order valence-electron chi connectivity index (χ4n) is 2.49. The molecule has 2 rings (SSSR count). The van der Waals surface area contributed by atoms with Crippen LogP contribution in [0.4, 0.5) is 0 Å². The number of methoxy groups -OCH3 is 1. The summed E-state index contributed by atoms with van der Waals surface area (Å²) in [7, 11) is -2.48. The van der Waals surface area contributed by atoms with Crippen molar-refractivity contribution in [3.63, 3.8) is 0 Å². The quantitative estimate of drug-likeness (QED) is 0.791. The molecule has 0 bridgehead atoms. The van der Waals surface area contributed by atoms with Crippen LogP contribution in [-0.4, -0.2) is 56.5 Å². The van der Waals surface area contributed by atoms with Gasteiger partial charge < -0.3 is 14.5 Å². The highest BCUT2D eigenvalue weighted by Gasteiger charge is 2.33. The third-order valence-corrected chi connectivity index (χ3v) is 5.65. The van der Waals surface area contributed by atoms with E-state index in [4.69, 9.17) is 4.74 Å². The van der Waals surface area contributed by atoms with Crippen LogP contribution in [0.2, 0.25) is 0 Å². The van der Waals surface area contributed by atoms with E-state index in [1.165, 1.54) is 23.7 Å². The number of hydrogen-bond acceptors (Lipinski definition) is 6. The normalized spacial score (nSPS) is 17.0. The van der Waals surface area contributed by atoms with Crippen molar-refractivity contribution in [3.8, 4) is 0 Å². The maximum Gasteiger partial charge on any atom is 0.354 e. The van der Waals surface area contributed by atoms with E-state index in [0.717, 1.165) is 0 Å². The number of hydrogen-bond donors (Lipinski definition) is 1. The lowest BCUT2D eigenvalue weighted by Gasteiger charge is -2.29. The number of aromatic nitrogens is 1. The van der Waals surface area contributed by atoms with Crippen LogP contribution in [0.5, 0.6) is 0 Å². The Hall–Kier alpha value is -1.87. The summed E-state index contributed by atoms with van der Waals surface area (Å²) in [4.78, 5) is 25.7. The number of H-pyrrole nitrogens is 1. The Morgan fingerprint density at radius 3 is 2.57 bits per heavy atom. The number of rotatable bonds is 5. The molecule has 1 fully saturated rings. The van der Waals surface area contributed by atoms with Gasteiger partial charge in [0.2, 0.25) is 10.0 Å². The molecule has 1 aromatic rings. The minimum Gasteiger partial charge on any atom is -0.466 e. The number of carbonyl (C=O) groups excluding carboxylic acids is 2. The zero-order chi connectivity index (χ0) is 17.0. The lowest BCUT2D eigenvalue weighted by Crippen LogP contribution is -2.40. The largest absolute Gasteiger partial charge is 0.466 e. The summed E-state index contributed by atoms with van der Waals surface area (Å²) in [6.07, 6.45) is 2.11. The number of esters is 2. The van der Waals surface area contributed by atoms with Gasteiger partial charge in [-0.1, -0.05) is 0 Å². The Morgan fingerprint density at radius 2 is 2.00 bits per heavy atom. The first-order valence-corrected chi connectivity index (χ1v) is 8.77. The van der Waals surface area contributed by atoms with Gasteiger partial charge in [-0.25, -0.2) is 13.2 Å². The minimum absolute atomic E-state index is 0.00693. The monoisotopic (exact) mass is 344 g/mol. The summed E-state index contributed by atoms with van der Waals surface area (Å²) in [5, 5.41) is 0. The Morgan fingerprint density at radius 1 is 1.35 bits per heavy atom. The molecule has 0 aromatic carbocycles. The molecular formula is C14H20N2O6S. The van der Waals surface area contributed by atoms with Gasteiger partial charge in [-0.15, -0.1) is 0 Å². The number of aromatic amines is 1. The van der Waals surface area contributed by atoms with Crippen molar-refractivity contribution >= 4 is 22.0 Å². The van der Waals surface area contributed by atoms with Crippen LogP contribution in [-0.2, 0) is 24.3 Å². The summed E-state index contributed by atoms with van der Waals surface area (Å²) in [6.45, 7) is 2.54. The Kier molecular flexibility index (Phi) is 5.42. The molecule has 0 radical (unpaired) electrons. The van der Waals surface area contributed by atoms with Gasteiger partial charge in [0, 0.05) is 19.3 Å². The molecule has 0 atom stereocenters. The van der Waals surface area contributed by atoms with E-state index < -0.39 is 16.0 Å². The number of nitrogens with zero attached hydrogens (tertiary/aromatic N) is 1. The van der Waals surface area contributed by atoms with E-state index in [-0.39, 0.29) is 35.6 Å². The average molecular weight is 344 g/mol. The van der Waals surface area contributed by atoms with E-state index >= 15 is 0 Å². The molecule has 23 heavy (non-hydrogen) atoms. The van der Waals surface area contributed by atoms with Crippen molar-refractivity contribution in [2.24, 2.45) is 5.92 Å². The lowest BCUT2D eigenvalue weighted by atomic mass is 9.98. The first kappa shape index (κ1) is 17.5. The van der Waals surface area contributed by atoms with Crippen LogP contribution in [0.3, 0.4) is 0 Å². The minimum atomic E-state index is -3.70. The fraction of sp³-hybridized carbons (Fsp3) is 0.571. The first-order valence-electron chi connectivity index (χ1n) is 7.33. The number of ether oxygens (including phenoxy) is 2. The van der Waals surface area contributed by atoms with Crippen molar-refractivity contribution < 1.29 is 27.5 Å². The van der Waals surface area contributed by atoms with Gasteiger partial charge in [-0.05, 0) is 25.8 Å². The lowest BCUT2D eigenvalue weighted by molar-refractivity contribution is -0.149. The van der Waals surface area contributed by atoms with Gasteiger partial charge >= 0.3 is 11.9 Å². The molecule has 1 N–H and O–H groups in total. The zero-order valence-corrected chi connectivity index (χ0v) is 13.9. The second-order valence-electron chi connectivity index (χ2n) is 5.17. The third kappa shape index (κ3) is 3.73. The summed E-state index contributed by atoms with van der Waals surface area (Å²) in [6, 6.07) is 1.25. The highest BCUT2D eigenvalue weighted by atomic mass is 32.2. The summed E-state index contributed by atoms with van der Waals surface area (Å²) < 4.78 is 35.9. The molecule has 1 saturated heterocycles.